The molecule has 0 bridgehead atoms. The summed E-state index contributed by atoms with van der Waals surface area (Å²) < 4.78 is 0. The average Bonchev–Trinajstić information content (AvgIpc) is 3.41. The van der Waals surface area contributed by atoms with E-state index in [9.17, 15) is 0 Å². The molecular formula is C34H38N2Zr-. The van der Waals surface area contributed by atoms with Crippen molar-refractivity contribution < 1.29 is 26.2 Å². The van der Waals surface area contributed by atoms with E-state index in [1.807, 2.05) is 60.7 Å². The summed E-state index contributed by atoms with van der Waals surface area (Å²) in [7, 11) is 0. The first-order chi connectivity index (χ1) is 17.4. The maximum Gasteiger partial charge on any atom is 3.00 e. The Morgan fingerprint density at radius 3 is 1.84 bits per heavy atom. The molecule has 4 aromatic rings. The molecule has 1 saturated carbocycles. The van der Waals surface area contributed by atoms with Crippen LogP contribution >= 0.6 is 0 Å². The fourth-order valence-corrected chi connectivity index (χ4v) is 4.37. The predicted molar refractivity (Wildman–Crippen MR) is 154 cm³/mol. The van der Waals surface area contributed by atoms with E-state index in [-0.39, 0.29) is 26.2 Å². The Balaban J connectivity index is 0.000000262. The van der Waals surface area contributed by atoms with E-state index >= 15 is 0 Å². The van der Waals surface area contributed by atoms with Gasteiger partial charge in [0.25, 0.3) is 0 Å². The number of nitrogens with zero attached hydrogens (tertiary/aromatic N) is 2. The number of hydrogen-bond donors (Lipinski definition) is 0. The van der Waals surface area contributed by atoms with Crippen LogP contribution in [-0.4, -0.2) is 4.98 Å². The van der Waals surface area contributed by atoms with Crippen molar-refractivity contribution in [3.8, 4) is 0 Å². The van der Waals surface area contributed by atoms with Crippen molar-refractivity contribution >= 4 is 5.69 Å². The molecule has 189 valence electrons. The molecule has 1 radical (unpaired) electrons. The van der Waals surface area contributed by atoms with E-state index in [1.54, 1.807) is 0 Å². The molecule has 0 aliphatic heterocycles. The van der Waals surface area contributed by atoms with Crippen LogP contribution in [-0.2, 0) is 32.7 Å². The summed E-state index contributed by atoms with van der Waals surface area (Å²) in [5.74, 6) is 0.544. The van der Waals surface area contributed by atoms with Gasteiger partial charge in [-0.3, -0.25) is 4.98 Å². The van der Waals surface area contributed by atoms with Crippen molar-refractivity contribution in [3.05, 3.63) is 156 Å². The Labute approximate surface area is 244 Å². The molecule has 2 nitrogen and oxygen atoms in total. The third kappa shape index (κ3) is 10.6. The molecule has 0 N–H and O–H groups in total. The molecule has 1 fully saturated rings. The summed E-state index contributed by atoms with van der Waals surface area (Å²) >= 11 is 0. The summed E-state index contributed by atoms with van der Waals surface area (Å²) in [4.78, 5) is 4.82. The second-order valence-electron chi connectivity index (χ2n) is 9.36. The first-order valence-electron chi connectivity index (χ1n) is 12.7. The molecule has 1 aliphatic carbocycles. The van der Waals surface area contributed by atoms with E-state index in [0.717, 1.165) is 22.5 Å². The van der Waals surface area contributed by atoms with Crippen molar-refractivity contribution in [2.45, 2.75) is 52.5 Å². The first-order valence-corrected chi connectivity index (χ1v) is 12.7. The smallest absolute Gasteiger partial charge is 0.679 e. The van der Waals surface area contributed by atoms with Gasteiger partial charge >= 0.3 is 26.2 Å². The zero-order chi connectivity index (χ0) is 25.8. The van der Waals surface area contributed by atoms with Crippen molar-refractivity contribution in [2.75, 3.05) is 0 Å². The molecule has 3 aromatic carbocycles. The maximum atomic E-state index is 4.82. The van der Waals surface area contributed by atoms with Crippen LogP contribution in [0.4, 0.5) is 5.69 Å². The zero-order valence-electron chi connectivity index (χ0n) is 22.5. The summed E-state index contributed by atoms with van der Waals surface area (Å²) in [6, 6.07) is 30.5. The second-order valence-corrected chi connectivity index (χ2v) is 9.36. The first kappa shape index (κ1) is 30.5. The SMILES string of the molecule is Cc1cc(C)c([N-]Cc2cccc(C3[CH-]CCC3)n2)c(C)c1.[CH2-]c1ccccc1.[CH2-]c1ccccc1.[Zr+3]. The largest absolute Gasteiger partial charge is 3.00 e. The van der Waals surface area contributed by atoms with Crippen molar-refractivity contribution in [1.29, 1.82) is 0 Å². The van der Waals surface area contributed by atoms with Crippen LogP contribution in [0.15, 0.2) is 91.0 Å². The molecule has 0 spiro atoms. The average molecular weight is 566 g/mol. The third-order valence-electron chi connectivity index (χ3n) is 6.10. The van der Waals surface area contributed by atoms with Crippen LogP contribution in [0.25, 0.3) is 5.32 Å². The van der Waals surface area contributed by atoms with E-state index in [1.165, 1.54) is 41.6 Å². The predicted octanol–water partition coefficient (Wildman–Crippen LogP) is 9.42. The Morgan fingerprint density at radius 1 is 0.811 bits per heavy atom. The summed E-state index contributed by atoms with van der Waals surface area (Å²) in [5, 5.41) is 4.81. The van der Waals surface area contributed by atoms with Crippen LogP contribution in [0.3, 0.4) is 0 Å². The molecule has 1 aromatic heterocycles. The Morgan fingerprint density at radius 2 is 1.38 bits per heavy atom. The van der Waals surface area contributed by atoms with Crippen LogP contribution < -0.4 is 0 Å². The second kappa shape index (κ2) is 16.2. The molecule has 0 amide bonds. The van der Waals surface area contributed by atoms with Gasteiger partial charge < -0.3 is 11.7 Å². The fourth-order valence-electron chi connectivity index (χ4n) is 4.37. The number of rotatable bonds is 4. The number of benzene rings is 3. The van der Waals surface area contributed by atoms with Gasteiger partial charge in [0.1, 0.15) is 0 Å². The van der Waals surface area contributed by atoms with Crippen LogP contribution in [0.2, 0.25) is 0 Å². The molecule has 3 heteroatoms. The minimum absolute atomic E-state index is 0. The molecule has 1 unspecified atom stereocenters. The fraction of sp³-hybridized carbons (Fsp3) is 0.235. The normalized spacial score (nSPS) is 13.8. The van der Waals surface area contributed by atoms with Gasteiger partial charge in [0, 0.05) is 11.4 Å². The number of aromatic nitrogens is 1. The molecule has 37 heavy (non-hydrogen) atoms. The summed E-state index contributed by atoms with van der Waals surface area (Å²) in [6.45, 7) is 14.5. The van der Waals surface area contributed by atoms with Crippen LogP contribution in [0.5, 0.6) is 0 Å². The molecule has 0 saturated heterocycles. The maximum absolute atomic E-state index is 4.82. The van der Waals surface area contributed by atoms with Gasteiger partial charge in [-0.05, 0) is 32.9 Å². The molecule has 1 heterocycles. The van der Waals surface area contributed by atoms with Crippen molar-refractivity contribution in [2.24, 2.45) is 0 Å². The van der Waals surface area contributed by atoms with E-state index < -0.39 is 0 Å². The quantitative estimate of drug-likeness (QED) is 0.226. The number of aryl methyl sites for hydroxylation is 3. The monoisotopic (exact) mass is 564 g/mol. The number of hydrogen-bond acceptors (Lipinski definition) is 1. The van der Waals surface area contributed by atoms with Crippen molar-refractivity contribution in [3.63, 3.8) is 0 Å². The van der Waals surface area contributed by atoms with E-state index in [0.29, 0.717) is 12.5 Å². The Kier molecular flexibility index (Phi) is 13.3. The van der Waals surface area contributed by atoms with E-state index in [4.69, 9.17) is 10.3 Å². The Bertz CT molecular complexity index is 1120. The van der Waals surface area contributed by atoms with Gasteiger partial charge in [-0.15, -0.1) is 35.9 Å². The van der Waals surface area contributed by atoms with Gasteiger partial charge in [-0.2, -0.15) is 55.7 Å². The summed E-state index contributed by atoms with van der Waals surface area (Å²) in [6.07, 6.45) is 6.16. The minimum atomic E-state index is 0. The zero-order valence-corrected chi connectivity index (χ0v) is 24.9. The standard InChI is InChI=1S/C20H24N2.2C7H7.Zr/c1-14-11-15(2)20(16(3)12-14)21-13-18-9-6-10-19(22-18)17-7-4-5-8-17;2*1-7-5-3-2-4-6-7;/h6-7,9-12,17H,4-5,8,13H2,1-3H3;2*2-6H,1H2;/q-2;2*-1;+3. The van der Waals surface area contributed by atoms with Gasteiger partial charge in [0.15, 0.2) is 0 Å². The molecular weight excluding hydrogens is 528 g/mol. The van der Waals surface area contributed by atoms with Gasteiger partial charge in [-0.1, -0.05) is 66.4 Å². The molecule has 1 atom stereocenters. The minimum Gasteiger partial charge on any atom is -0.679 e. The van der Waals surface area contributed by atoms with Gasteiger partial charge in [-0.25, -0.2) is 0 Å². The molecule has 5 rings (SSSR count). The van der Waals surface area contributed by atoms with E-state index in [2.05, 4.69) is 71.4 Å². The van der Waals surface area contributed by atoms with Gasteiger partial charge in [0.2, 0.25) is 0 Å². The van der Waals surface area contributed by atoms with Crippen LogP contribution in [0, 0.1) is 41.0 Å². The summed E-state index contributed by atoms with van der Waals surface area (Å²) in [5.41, 5.74) is 9.33. The van der Waals surface area contributed by atoms with Crippen molar-refractivity contribution in [1.82, 2.24) is 4.98 Å². The molecule has 1 aliphatic rings. The third-order valence-corrected chi connectivity index (χ3v) is 6.10. The van der Waals surface area contributed by atoms with Crippen LogP contribution in [0.1, 0.15) is 64.4 Å². The Hall–Kier alpha value is -2.77. The topological polar surface area (TPSA) is 27.0 Å². The van der Waals surface area contributed by atoms with Gasteiger partial charge in [0.05, 0.1) is 0 Å². The number of pyridine rings is 1.